The summed E-state index contributed by atoms with van der Waals surface area (Å²) in [6.07, 6.45) is 0.678. The number of carbonyl (C=O) groups is 3. The third-order valence-corrected chi connectivity index (χ3v) is 5.23. The lowest BCUT2D eigenvalue weighted by atomic mass is 10.2. The van der Waals surface area contributed by atoms with Gasteiger partial charge < -0.3 is 25.2 Å². The van der Waals surface area contributed by atoms with Crippen molar-refractivity contribution in [2.45, 2.75) is 12.6 Å². The molecule has 9 nitrogen and oxygen atoms in total. The number of thiophene rings is 1. The first kappa shape index (κ1) is 21.1. The molecule has 0 aliphatic rings. The molecular formula is C20H19N3O6S. The molecule has 3 N–H and O–H groups in total. The molecule has 1 aromatic carbocycles. The Balaban J connectivity index is 1.57. The summed E-state index contributed by atoms with van der Waals surface area (Å²) in [5.41, 5.74) is 1.36. The predicted octanol–water partition coefficient (Wildman–Crippen LogP) is 2.41. The number of benzene rings is 1. The molecule has 0 radical (unpaired) electrons. The van der Waals surface area contributed by atoms with Gasteiger partial charge in [-0.1, -0.05) is 30.3 Å². The van der Waals surface area contributed by atoms with Gasteiger partial charge >= 0.3 is 12.1 Å². The van der Waals surface area contributed by atoms with E-state index in [1.165, 1.54) is 18.4 Å². The fourth-order valence-corrected chi connectivity index (χ4v) is 3.60. The zero-order chi connectivity index (χ0) is 21.5. The largest absolute Gasteiger partial charge is 0.495 e. The van der Waals surface area contributed by atoms with Crippen molar-refractivity contribution in [2.24, 2.45) is 0 Å². The van der Waals surface area contributed by atoms with Gasteiger partial charge in [0.15, 0.2) is 0 Å². The highest BCUT2D eigenvalue weighted by atomic mass is 32.1. The van der Waals surface area contributed by atoms with Gasteiger partial charge in [-0.15, -0.1) is 11.3 Å². The highest BCUT2D eigenvalue weighted by Gasteiger charge is 2.22. The van der Waals surface area contributed by atoms with E-state index in [-0.39, 0.29) is 13.2 Å². The maximum Gasteiger partial charge on any atom is 0.408 e. The number of pyridine rings is 1. The maximum absolute atomic E-state index is 12.4. The van der Waals surface area contributed by atoms with Crippen LogP contribution in [-0.4, -0.2) is 47.8 Å². The number of fused-ring (bicyclic) bond motifs is 1. The molecule has 3 aromatic rings. The van der Waals surface area contributed by atoms with Crippen molar-refractivity contribution < 1.29 is 29.0 Å². The number of hydrogen-bond acceptors (Lipinski definition) is 7. The number of carboxylic acids is 1. The number of nitrogens with zero attached hydrogens (tertiary/aromatic N) is 1. The van der Waals surface area contributed by atoms with E-state index >= 15 is 0 Å². The van der Waals surface area contributed by atoms with E-state index in [4.69, 9.17) is 9.47 Å². The average Bonchev–Trinajstić information content (AvgIpc) is 3.20. The molecule has 0 bridgehead atoms. The van der Waals surface area contributed by atoms with E-state index in [2.05, 4.69) is 15.6 Å². The van der Waals surface area contributed by atoms with Gasteiger partial charge in [-0.25, -0.2) is 9.59 Å². The monoisotopic (exact) mass is 429 g/mol. The molecular weight excluding hydrogens is 410 g/mol. The Morgan fingerprint density at radius 1 is 1.20 bits per heavy atom. The number of amides is 2. The molecule has 10 heteroatoms. The summed E-state index contributed by atoms with van der Waals surface area (Å²) >= 11 is 1.18. The topological polar surface area (TPSA) is 127 Å². The Labute approximate surface area is 175 Å². The SMILES string of the molecule is COc1ccnc2cc(C(=O)NCC(NC(=O)OCc3ccccc3)C(=O)O)sc12. The second-order valence-electron chi connectivity index (χ2n) is 6.15. The van der Waals surface area contributed by atoms with Gasteiger partial charge in [0, 0.05) is 12.7 Å². The third kappa shape index (κ3) is 5.23. The van der Waals surface area contributed by atoms with Crippen LogP contribution in [0.25, 0.3) is 10.2 Å². The number of carboxylic acid groups (broad SMARTS) is 1. The number of methoxy groups -OCH3 is 1. The second-order valence-corrected chi connectivity index (χ2v) is 7.20. The summed E-state index contributed by atoms with van der Waals surface area (Å²) in [4.78, 5) is 40.3. The first-order valence-electron chi connectivity index (χ1n) is 8.88. The van der Waals surface area contributed by atoms with Gasteiger partial charge in [0.05, 0.1) is 22.2 Å². The summed E-state index contributed by atoms with van der Waals surface area (Å²) < 4.78 is 11.0. The number of nitrogens with one attached hydrogen (secondary N) is 2. The third-order valence-electron chi connectivity index (χ3n) is 4.09. The van der Waals surface area contributed by atoms with Crippen LogP contribution in [-0.2, 0) is 16.1 Å². The van der Waals surface area contributed by atoms with Crippen LogP contribution in [0.1, 0.15) is 15.2 Å². The van der Waals surface area contributed by atoms with Gasteiger partial charge in [0.2, 0.25) is 0 Å². The van der Waals surface area contributed by atoms with Crippen LogP contribution in [0, 0.1) is 0 Å². The lowest BCUT2D eigenvalue weighted by Crippen LogP contribution is -2.48. The van der Waals surface area contributed by atoms with Gasteiger partial charge in [0.1, 0.15) is 18.4 Å². The number of carbonyl (C=O) groups excluding carboxylic acids is 2. The first-order valence-corrected chi connectivity index (χ1v) is 9.70. The number of aliphatic carboxylic acids is 1. The van der Waals surface area contributed by atoms with E-state index in [9.17, 15) is 19.5 Å². The summed E-state index contributed by atoms with van der Waals surface area (Å²) in [6.45, 7) is -0.310. The molecule has 30 heavy (non-hydrogen) atoms. The summed E-state index contributed by atoms with van der Waals surface area (Å²) in [5, 5.41) is 14.1. The first-order chi connectivity index (χ1) is 14.5. The average molecular weight is 429 g/mol. The fraction of sp³-hybridized carbons (Fsp3) is 0.200. The Bertz CT molecular complexity index is 1050. The number of alkyl carbamates (subject to hydrolysis) is 1. The van der Waals surface area contributed by atoms with Crippen LogP contribution < -0.4 is 15.4 Å². The number of hydrogen-bond donors (Lipinski definition) is 3. The highest BCUT2D eigenvalue weighted by molar-refractivity contribution is 7.21. The molecule has 2 amide bonds. The lowest BCUT2D eigenvalue weighted by Gasteiger charge is -2.15. The Morgan fingerprint density at radius 2 is 1.97 bits per heavy atom. The minimum Gasteiger partial charge on any atom is -0.495 e. The van der Waals surface area contributed by atoms with Gasteiger partial charge in [-0.05, 0) is 17.7 Å². The van der Waals surface area contributed by atoms with Gasteiger partial charge in [-0.2, -0.15) is 0 Å². The quantitative estimate of drug-likeness (QED) is 0.502. The van der Waals surface area contributed by atoms with Crippen LogP contribution in [0.3, 0.4) is 0 Å². The van der Waals surface area contributed by atoms with E-state index in [0.29, 0.717) is 20.8 Å². The Kier molecular flexibility index (Phi) is 6.81. The van der Waals surface area contributed by atoms with Crippen molar-refractivity contribution in [3.63, 3.8) is 0 Å². The van der Waals surface area contributed by atoms with Crippen molar-refractivity contribution in [3.8, 4) is 5.75 Å². The smallest absolute Gasteiger partial charge is 0.408 e. The molecule has 0 spiro atoms. The van der Waals surface area contributed by atoms with Crippen LogP contribution in [0.2, 0.25) is 0 Å². The molecule has 2 heterocycles. The number of rotatable bonds is 8. The fourth-order valence-electron chi connectivity index (χ4n) is 2.58. The van der Waals surface area contributed by atoms with E-state index in [1.54, 1.807) is 42.6 Å². The molecule has 0 aliphatic carbocycles. The normalized spacial score (nSPS) is 11.5. The van der Waals surface area contributed by atoms with E-state index in [0.717, 1.165) is 5.56 Å². The minimum absolute atomic E-state index is 0.00197. The van der Waals surface area contributed by atoms with E-state index < -0.39 is 24.0 Å². The highest BCUT2D eigenvalue weighted by Crippen LogP contribution is 2.31. The van der Waals surface area contributed by atoms with Crippen LogP contribution in [0.15, 0.2) is 48.7 Å². The van der Waals surface area contributed by atoms with Crippen molar-refractivity contribution >= 4 is 39.5 Å². The summed E-state index contributed by atoms with van der Waals surface area (Å²) in [6, 6.07) is 10.9. The molecule has 0 saturated heterocycles. The molecule has 1 atom stereocenters. The zero-order valence-corrected chi connectivity index (χ0v) is 16.8. The molecule has 0 aliphatic heterocycles. The molecule has 1 unspecified atom stereocenters. The number of ether oxygens (including phenoxy) is 2. The van der Waals surface area contributed by atoms with E-state index in [1.807, 2.05) is 6.07 Å². The Morgan fingerprint density at radius 3 is 2.67 bits per heavy atom. The van der Waals surface area contributed by atoms with Gasteiger partial charge in [-0.3, -0.25) is 9.78 Å². The van der Waals surface area contributed by atoms with Crippen LogP contribution in [0.5, 0.6) is 5.75 Å². The van der Waals surface area contributed by atoms with Crippen LogP contribution in [0.4, 0.5) is 4.79 Å². The summed E-state index contributed by atoms with van der Waals surface area (Å²) in [5.74, 6) is -1.19. The maximum atomic E-state index is 12.4. The minimum atomic E-state index is -1.35. The molecule has 2 aromatic heterocycles. The molecule has 0 fully saturated rings. The van der Waals surface area contributed by atoms with Crippen LogP contribution >= 0.6 is 11.3 Å². The molecule has 0 saturated carbocycles. The van der Waals surface area contributed by atoms with Gasteiger partial charge in [0.25, 0.3) is 5.91 Å². The summed E-state index contributed by atoms with van der Waals surface area (Å²) in [7, 11) is 1.52. The van der Waals surface area contributed by atoms with Crippen molar-refractivity contribution in [3.05, 3.63) is 59.1 Å². The zero-order valence-electron chi connectivity index (χ0n) is 16.0. The predicted molar refractivity (Wildman–Crippen MR) is 110 cm³/mol. The Hall–Kier alpha value is -3.66. The standard InChI is InChI=1S/C20H19N3O6S/c1-28-15-7-8-21-13-9-16(30-17(13)15)18(24)22-10-14(19(25)26)23-20(27)29-11-12-5-3-2-4-6-12/h2-9,14H,10-11H2,1H3,(H,22,24)(H,23,27)(H,25,26). The number of aromatic nitrogens is 1. The van der Waals surface area contributed by atoms with Crippen molar-refractivity contribution in [1.29, 1.82) is 0 Å². The van der Waals surface area contributed by atoms with Crippen molar-refractivity contribution in [1.82, 2.24) is 15.6 Å². The molecule has 156 valence electrons. The lowest BCUT2D eigenvalue weighted by molar-refractivity contribution is -0.139. The van der Waals surface area contributed by atoms with Crippen molar-refractivity contribution in [2.75, 3.05) is 13.7 Å². The molecule has 3 rings (SSSR count). The second kappa shape index (κ2) is 9.70.